The maximum atomic E-state index is 5.68. The van der Waals surface area contributed by atoms with Crippen LogP contribution in [-0.4, -0.2) is 44.8 Å². The molecule has 25 heavy (non-hydrogen) atoms. The normalized spacial score (nSPS) is 17.3. The lowest BCUT2D eigenvalue weighted by molar-refractivity contribution is 0.240. The number of aromatic nitrogens is 4. The Morgan fingerprint density at radius 1 is 1.32 bits per heavy atom. The molecule has 7 heteroatoms. The third-order valence-corrected chi connectivity index (χ3v) is 4.14. The van der Waals surface area contributed by atoms with Crippen molar-refractivity contribution in [3.8, 4) is 17.0 Å². The molecular formula is C18H22N6O. The Morgan fingerprint density at radius 2 is 2.24 bits per heavy atom. The molecule has 1 saturated heterocycles. The third kappa shape index (κ3) is 3.41. The number of nitrogens with zero attached hydrogens (tertiary/aromatic N) is 4. The molecule has 0 bridgehead atoms. The van der Waals surface area contributed by atoms with Gasteiger partial charge in [-0.15, -0.1) is 0 Å². The summed E-state index contributed by atoms with van der Waals surface area (Å²) < 4.78 is 7.41. The van der Waals surface area contributed by atoms with E-state index in [0.29, 0.717) is 11.8 Å². The van der Waals surface area contributed by atoms with Crippen molar-refractivity contribution < 1.29 is 4.74 Å². The fourth-order valence-corrected chi connectivity index (χ4v) is 3.02. The predicted octanol–water partition coefficient (Wildman–Crippen LogP) is 2.35. The summed E-state index contributed by atoms with van der Waals surface area (Å²) in [5.41, 5.74) is 2.53. The second kappa shape index (κ2) is 6.68. The van der Waals surface area contributed by atoms with Crippen molar-refractivity contribution in [2.45, 2.75) is 32.4 Å². The van der Waals surface area contributed by atoms with Crippen LogP contribution in [-0.2, 0) is 0 Å². The lowest BCUT2D eigenvalue weighted by Gasteiger charge is -2.12. The molecule has 1 aliphatic heterocycles. The van der Waals surface area contributed by atoms with Crippen molar-refractivity contribution in [3.63, 3.8) is 0 Å². The predicted molar refractivity (Wildman–Crippen MR) is 96.9 cm³/mol. The van der Waals surface area contributed by atoms with Gasteiger partial charge >= 0.3 is 0 Å². The van der Waals surface area contributed by atoms with E-state index in [1.165, 1.54) is 0 Å². The average Bonchev–Trinajstić information content (AvgIpc) is 3.23. The van der Waals surface area contributed by atoms with Crippen molar-refractivity contribution in [3.05, 3.63) is 36.8 Å². The van der Waals surface area contributed by atoms with Crippen LogP contribution in [0.5, 0.6) is 5.75 Å². The van der Waals surface area contributed by atoms with E-state index >= 15 is 0 Å². The molecule has 3 aromatic heterocycles. The molecule has 0 aliphatic carbocycles. The highest BCUT2D eigenvalue weighted by atomic mass is 16.5. The van der Waals surface area contributed by atoms with E-state index in [9.17, 15) is 0 Å². The van der Waals surface area contributed by atoms with Crippen molar-refractivity contribution in [1.29, 1.82) is 0 Å². The van der Waals surface area contributed by atoms with Crippen molar-refractivity contribution in [2.24, 2.45) is 0 Å². The van der Waals surface area contributed by atoms with Gasteiger partial charge in [0.15, 0.2) is 11.4 Å². The fraction of sp³-hybridized carbons (Fsp3) is 0.389. The van der Waals surface area contributed by atoms with E-state index in [4.69, 9.17) is 9.72 Å². The molecule has 1 atom stereocenters. The quantitative estimate of drug-likeness (QED) is 0.744. The van der Waals surface area contributed by atoms with Gasteiger partial charge in [0.1, 0.15) is 5.82 Å². The Hall–Kier alpha value is -2.67. The molecule has 0 radical (unpaired) electrons. The lowest BCUT2D eigenvalue weighted by Crippen LogP contribution is -2.22. The number of anilines is 1. The van der Waals surface area contributed by atoms with Gasteiger partial charge in [-0.1, -0.05) is 6.07 Å². The van der Waals surface area contributed by atoms with Gasteiger partial charge in [-0.05, 0) is 38.9 Å². The molecule has 3 aromatic rings. The Bertz CT molecular complexity index is 869. The molecule has 4 heterocycles. The lowest BCUT2D eigenvalue weighted by atomic mass is 10.2. The summed E-state index contributed by atoms with van der Waals surface area (Å²) in [6.07, 6.45) is 6.59. The second-order valence-corrected chi connectivity index (χ2v) is 6.52. The van der Waals surface area contributed by atoms with E-state index in [1.54, 1.807) is 16.9 Å². The first-order valence-corrected chi connectivity index (χ1v) is 8.64. The van der Waals surface area contributed by atoms with E-state index < -0.39 is 0 Å². The molecular weight excluding hydrogens is 316 g/mol. The number of fused-ring (bicyclic) bond motifs is 1. The van der Waals surface area contributed by atoms with Crippen LogP contribution in [0, 0.1) is 0 Å². The van der Waals surface area contributed by atoms with E-state index in [1.807, 2.05) is 38.2 Å². The summed E-state index contributed by atoms with van der Waals surface area (Å²) in [4.78, 5) is 9.24. The smallest absolute Gasteiger partial charge is 0.164 e. The second-order valence-electron chi connectivity index (χ2n) is 6.52. The standard InChI is InChI=1S/C18H22N6O/c1-12(2)25-14-9-20-18-15(10-21-24(18)11-14)16-4-3-5-17(23-16)22-13-6-7-19-8-13/h3-5,9-13,19H,6-8H2,1-2H3,(H,22,23). The Kier molecular flexibility index (Phi) is 4.23. The minimum absolute atomic E-state index is 0.101. The number of hydrogen-bond donors (Lipinski definition) is 2. The third-order valence-electron chi connectivity index (χ3n) is 4.14. The summed E-state index contributed by atoms with van der Waals surface area (Å²) in [5.74, 6) is 1.58. The van der Waals surface area contributed by atoms with E-state index in [0.717, 1.165) is 42.2 Å². The van der Waals surface area contributed by atoms with Crippen LogP contribution in [0.1, 0.15) is 20.3 Å². The average molecular weight is 338 g/mol. The van der Waals surface area contributed by atoms with Crippen LogP contribution < -0.4 is 15.4 Å². The topological polar surface area (TPSA) is 76.4 Å². The molecule has 0 aromatic carbocycles. The Morgan fingerprint density at radius 3 is 3.04 bits per heavy atom. The van der Waals surface area contributed by atoms with Crippen molar-refractivity contribution >= 4 is 11.5 Å². The Balaban J connectivity index is 1.62. The number of ether oxygens (including phenoxy) is 1. The van der Waals surface area contributed by atoms with Crippen molar-refractivity contribution in [1.82, 2.24) is 24.9 Å². The van der Waals surface area contributed by atoms with Crippen LogP contribution in [0.2, 0.25) is 0 Å². The monoisotopic (exact) mass is 338 g/mol. The SMILES string of the molecule is CC(C)Oc1cnc2c(-c3cccc(NC4CCNC4)n3)cnn2c1. The van der Waals surface area contributed by atoms with Crippen molar-refractivity contribution in [2.75, 3.05) is 18.4 Å². The molecule has 0 spiro atoms. The van der Waals surface area contributed by atoms with Crippen LogP contribution >= 0.6 is 0 Å². The summed E-state index contributed by atoms with van der Waals surface area (Å²) in [6.45, 7) is 6.00. The van der Waals surface area contributed by atoms with Gasteiger partial charge in [-0.3, -0.25) is 0 Å². The van der Waals surface area contributed by atoms with Gasteiger partial charge in [0.2, 0.25) is 0 Å². The molecule has 4 rings (SSSR count). The maximum Gasteiger partial charge on any atom is 0.164 e. The first-order chi connectivity index (χ1) is 12.2. The first kappa shape index (κ1) is 15.8. The number of nitrogens with one attached hydrogen (secondary N) is 2. The number of pyridine rings is 1. The fourth-order valence-electron chi connectivity index (χ4n) is 3.02. The number of rotatable bonds is 5. The Labute approximate surface area is 146 Å². The van der Waals surface area contributed by atoms with E-state index in [-0.39, 0.29) is 6.10 Å². The van der Waals surface area contributed by atoms with Crippen LogP contribution in [0.4, 0.5) is 5.82 Å². The molecule has 130 valence electrons. The van der Waals surface area contributed by atoms with Gasteiger partial charge < -0.3 is 15.4 Å². The molecule has 7 nitrogen and oxygen atoms in total. The molecule has 2 N–H and O–H groups in total. The molecule has 1 unspecified atom stereocenters. The highest BCUT2D eigenvalue weighted by Crippen LogP contribution is 2.24. The number of hydrogen-bond acceptors (Lipinski definition) is 6. The van der Waals surface area contributed by atoms with Gasteiger partial charge in [-0.2, -0.15) is 5.10 Å². The summed E-state index contributed by atoms with van der Waals surface area (Å²) in [5, 5.41) is 11.2. The van der Waals surface area contributed by atoms with Gasteiger partial charge in [0.25, 0.3) is 0 Å². The van der Waals surface area contributed by atoms with Crippen LogP contribution in [0.15, 0.2) is 36.8 Å². The molecule has 1 fully saturated rings. The zero-order chi connectivity index (χ0) is 17.2. The van der Waals surface area contributed by atoms with Gasteiger partial charge in [-0.25, -0.2) is 14.5 Å². The zero-order valence-electron chi connectivity index (χ0n) is 14.4. The zero-order valence-corrected chi connectivity index (χ0v) is 14.4. The highest BCUT2D eigenvalue weighted by molar-refractivity contribution is 5.75. The summed E-state index contributed by atoms with van der Waals surface area (Å²) >= 11 is 0. The molecule has 0 saturated carbocycles. The summed E-state index contributed by atoms with van der Waals surface area (Å²) in [6, 6.07) is 6.41. The largest absolute Gasteiger partial charge is 0.488 e. The minimum Gasteiger partial charge on any atom is -0.488 e. The molecule has 0 amide bonds. The molecule has 1 aliphatic rings. The van der Waals surface area contributed by atoms with Crippen LogP contribution in [0.25, 0.3) is 16.9 Å². The van der Waals surface area contributed by atoms with E-state index in [2.05, 4.69) is 20.7 Å². The highest BCUT2D eigenvalue weighted by Gasteiger charge is 2.15. The first-order valence-electron chi connectivity index (χ1n) is 8.64. The maximum absolute atomic E-state index is 5.68. The van der Waals surface area contributed by atoms with Gasteiger partial charge in [0, 0.05) is 12.6 Å². The minimum atomic E-state index is 0.101. The van der Waals surface area contributed by atoms with Crippen LogP contribution in [0.3, 0.4) is 0 Å². The van der Waals surface area contributed by atoms with Gasteiger partial charge in [0.05, 0.1) is 36.0 Å². The summed E-state index contributed by atoms with van der Waals surface area (Å²) in [7, 11) is 0.